The van der Waals surface area contributed by atoms with Gasteiger partial charge in [-0.25, -0.2) is 9.97 Å². The minimum Gasteiger partial charge on any atom is -0.481 e. The quantitative estimate of drug-likeness (QED) is 0.933. The molecule has 0 bridgehead atoms. The Bertz CT molecular complexity index is 518. The fourth-order valence-electron chi connectivity index (χ4n) is 1.52. The van der Waals surface area contributed by atoms with E-state index in [0.717, 1.165) is 15.9 Å². The second-order valence-corrected chi connectivity index (χ2v) is 4.68. The van der Waals surface area contributed by atoms with Crippen LogP contribution in [0.5, 0.6) is 5.88 Å². The van der Waals surface area contributed by atoms with Gasteiger partial charge in [-0.3, -0.25) is 4.98 Å². The standard InChI is InChI=1S/C12H13BrN4O/c1-18-12-5-11(16-7-17-12)10(14)4-9-3-2-8(13)6-15-9/h2-3,5-7,10H,4,14H2,1H3. The van der Waals surface area contributed by atoms with Crippen LogP contribution in [0.3, 0.4) is 0 Å². The molecule has 0 saturated carbocycles. The van der Waals surface area contributed by atoms with E-state index in [0.29, 0.717) is 12.3 Å². The highest BCUT2D eigenvalue weighted by atomic mass is 79.9. The second kappa shape index (κ2) is 5.88. The summed E-state index contributed by atoms with van der Waals surface area (Å²) >= 11 is 3.34. The first kappa shape index (κ1) is 12.9. The van der Waals surface area contributed by atoms with E-state index in [1.807, 2.05) is 12.1 Å². The van der Waals surface area contributed by atoms with Gasteiger partial charge in [0.25, 0.3) is 0 Å². The minimum atomic E-state index is -0.226. The lowest BCUT2D eigenvalue weighted by Crippen LogP contribution is -2.16. The van der Waals surface area contributed by atoms with Crippen molar-refractivity contribution in [3.63, 3.8) is 0 Å². The van der Waals surface area contributed by atoms with Crippen LogP contribution in [-0.2, 0) is 6.42 Å². The number of nitrogens with two attached hydrogens (primary N) is 1. The highest BCUT2D eigenvalue weighted by Gasteiger charge is 2.10. The Morgan fingerprint density at radius 2 is 2.17 bits per heavy atom. The van der Waals surface area contributed by atoms with Crippen molar-refractivity contribution in [3.05, 3.63) is 46.6 Å². The third kappa shape index (κ3) is 3.24. The van der Waals surface area contributed by atoms with Gasteiger partial charge in [-0.15, -0.1) is 0 Å². The van der Waals surface area contributed by atoms with E-state index in [9.17, 15) is 0 Å². The van der Waals surface area contributed by atoms with Gasteiger partial charge in [-0.2, -0.15) is 0 Å². The van der Waals surface area contributed by atoms with Gasteiger partial charge in [-0.1, -0.05) is 0 Å². The van der Waals surface area contributed by atoms with E-state index < -0.39 is 0 Å². The van der Waals surface area contributed by atoms with Gasteiger partial charge in [0.15, 0.2) is 0 Å². The third-order valence-corrected chi connectivity index (χ3v) is 2.94. The molecule has 94 valence electrons. The summed E-state index contributed by atoms with van der Waals surface area (Å²) in [5.41, 5.74) is 7.75. The van der Waals surface area contributed by atoms with Crippen molar-refractivity contribution in [2.75, 3.05) is 7.11 Å². The number of rotatable bonds is 4. The fraction of sp³-hybridized carbons (Fsp3) is 0.250. The Kier molecular flexibility index (Phi) is 4.22. The summed E-state index contributed by atoms with van der Waals surface area (Å²) in [4.78, 5) is 12.4. The normalized spacial score (nSPS) is 12.2. The maximum atomic E-state index is 6.09. The zero-order valence-corrected chi connectivity index (χ0v) is 11.5. The number of aromatic nitrogens is 3. The molecule has 0 aliphatic carbocycles. The van der Waals surface area contributed by atoms with Gasteiger partial charge in [0, 0.05) is 28.9 Å². The summed E-state index contributed by atoms with van der Waals surface area (Å²) in [6, 6.07) is 5.39. The summed E-state index contributed by atoms with van der Waals surface area (Å²) in [6.07, 6.45) is 3.82. The van der Waals surface area contributed by atoms with Crippen molar-refractivity contribution in [2.45, 2.75) is 12.5 Å². The van der Waals surface area contributed by atoms with Crippen LogP contribution >= 0.6 is 15.9 Å². The van der Waals surface area contributed by atoms with Crippen molar-refractivity contribution < 1.29 is 4.74 Å². The van der Waals surface area contributed by atoms with Crippen LogP contribution in [-0.4, -0.2) is 22.1 Å². The lowest BCUT2D eigenvalue weighted by Gasteiger charge is -2.11. The number of nitrogens with zero attached hydrogens (tertiary/aromatic N) is 3. The van der Waals surface area contributed by atoms with Crippen molar-refractivity contribution in [1.82, 2.24) is 15.0 Å². The maximum absolute atomic E-state index is 6.09. The highest BCUT2D eigenvalue weighted by Crippen LogP contribution is 2.16. The van der Waals surface area contributed by atoms with Gasteiger partial charge in [0.05, 0.1) is 18.8 Å². The molecule has 0 saturated heterocycles. The molecule has 0 radical (unpaired) electrons. The largest absolute Gasteiger partial charge is 0.481 e. The second-order valence-electron chi connectivity index (χ2n) is 3.76. The first-order chi connectivity index (χ1) is 8.69. The summed E-state index contributed by atoms with van der Waals surface area (Å²) in [5.74, 6) is 0.513. The van der Waals surface area contributed by atoms with Gasteiger partial charge in [0.2, 0.25) is 5.88 Å². The Labute approximate surface area is 114 Å². The first-order valence-corrected chi connectivity index (χ1v) is 6.20. The topological polar surface area (TPSA) is 73.9 Å². The molecular weight excluding hydrogens is 296 g/mol. The SMILES string of the molecule is COc1cc(C(N)Cc2ccc(Br)cn2)ncn1. The molecule has 0 spiro atoms. The predicted octanol–water partition coefficient (Wildman–Crippen LogP) is 1.89. The molecule has 0 fully saturated rings. The summed E-state index contributed by atoms with van der Waals surface area (Å²) in [6.45, 7) is 0. The molecule has 2 rings (SSSR count). The molecule has 18 heavy (non-hydrogen) atoms. The van der Waals surface area contributed by atoms with Gasteiger partial charge >= 0.3 is 0 Å². The van der Waals surface area contributed by atoms with E-state index >= 15 is 0 Å². The molecule has 6 heteroatoms. The monoisotopic (exact) mass is 308 g/mol. The molecule has 0 aromatic carbocycles. The summed E-state index contributed by atoms with van der Waals surface area (Å²) in [7, 11) is 1.56. The van der Waals surface area contributed by atoms with Crippen LogP contribution in [0.15, 0.2) is 35.2 Å². The Morgan fingerprint density at radius 1 is 1.33 bits per heavy atom. The van der Waals surface area contributed by atoms with Crippen LogP contribution in [0, 0.1) is 0 Å². The first-order valence-electron chi connectivity index (χ1n) is 5.41. The van der Waals surface area contributed by atoms with Crippen molar-refractivity contribution in [1.29, 1.82) is 0 Å². The molecule has 0 aliphatic rings. The number of hydrogen-bond donors (Lipinski definition) is 1. The van der Waals surface area contributed by atoms with E-state index in [-0.39, 0.29) is 6.04 Å². The number of halogens is 1. The number of hydrogen-bond acceptors (Lipinski definition) is 5. The van der Waals surface area contributed by atoms with Gasteiger partial charge < -0.3 is 10.5 Å². The maximum Gasteiger partial charge on any atom is 0.216 e. The number of ether oxygens (including phenoxy) is 1. The lowest BCUT2D eigenvalue weighted by molar-refractivity contribution is 0.395. The van der Waals surface area contributed by atoms with Crippen LogP contribution in [0.1, 0.15) is 17.4 Å². The van der Waals surface area contributed by atoms with Crippen LogP contribution in [0.4, 0.5) is 0 Å². The summed E-state index contributed by atoms with van der Waals surface area (Å²) < 4.78 is 5.99. The van der Waals surface area contributed by atoms with E-state index in [4.69, 9.17) is 10.5 Å². The zero-order chi connectivity index (χ0) is 13.0. The van der Waals surface area contributed by atoms with E-state index in [2.05, 4.69) is 30.9 Å². The molecule has 1 unspecified atom stereocenters. The Hall–Kier alpha value is -1.53. The number of methoxy groups -OCH3 is 1. The van der Waals surface area contributed by atoms with Crippen molar-refractivity contribution in [3.8, 4) is 5.88 Å². The van der Waals surface area contributed by atoms with Crippen LogP contribution in [0.2, 0.25) is 0 Å². The van der Waals surface area contributed by atoms with Crippen molar-refractivity contribution in [2.24, 2.45) is 5.73 Å². The molecule has 0 aliphatic heterocycles. The predicted molar refractivity (Wildman–Crippen MR) is 71.2 cm³/mol. The lowest BCUT2D eigenvalue weighted by atomic mass is 10.1. The average molecular weight is 309 g/mol. The van der Waals surface area contributed by atoms with Gasteiger partial charge in [0.1, 0.15) is 6.33 Å². The van der Waals surface area contributed by atoms with Crippen LogP contribution in [0.25, 0.3) is 0 Å². The number of pyridine rings is 1. The summed E-state index contributed by atoms with van der Waals surface area (Å²) in [5, 5.41) is 0. The minimum absolute atomic E-state index is 0.226. The molecule has 1 atom stereocenters. The fourth-order valence-corrected chi connectivity index (χ4v) is 1.76. The molecular formula is C12H13BrN4O. The Balaban J connectivity index is 2.11. The molecule has 5 nitrogen and oxygen atoms in total. The zero-order valence-electron chi connectivity index (χ0n) is 9.88. The third-order valence-electron chi connectivity index (χ3n) is 2.47. The Morgan fingerprint density at radius 3 is 2.83 bits per heavy atom. The molecule has 0 amide bonds. The highest BCUT2D eigenvalue weighted by molar-refractivity contribution is 9.10. The van der Waals surface area contributed by atoms with E-state index in [1.54, 1.807) is 19.4 Å². The molecule has 2 heterocycles. The molecule has 2 aromatic heterocycles. The van der Waals surface area contributed by atoms with E-state index in [1.165, 1.54) is 6.33 Å². The molecule has 2 N–H and O–H groups in total. The smallest absolute Gasteiger partial charge is 0.216 e. The average Bonchev–Trinajstić information content (AvgIpc) is 2.41. The van der Waals surface area contributed by atoms with Crippen molar-refractivity contribution >= 4 is 15.9 Å². The molecule has 2 aromatic rings. The van der Waals surface area contributed by atoms with Gasteiger partial charge in [-0.05, 0) is 28.1 Å². The van der Waals surface area contributed by atoms with Crippen LogP contribution < -0.4 is 10.5 Å².